The summed E-state index contributed by atoms with van der Waals surface area (Å²) in [5.41, 5.74) is 6.37. The lowest BCUT2D eigenvalue weighted by Crippen LogP contribution is -2.44. The van der Waals surface area contributed by atoms with Gasteiger partial charge in [0.25, 0.3) is 0 Å². The third-order valence-corrected chi connectivity index (χ3v) is 5.00. The molecule has 2 heterocycles. The summed E-state index contributed by atoms with van der Waals surface area (Å²) in [5, 5.41) is 9.65. The van der Waals surface area contributed by atoms with E-state index >= 15 is 0 Å². The smallest absolute Gasteiger partial charge is 0.248 e. The Labute approximate surface area is 177 Å². The van der Waals surface area contributed by atoms with E-state index in [2.05, 4.69) is 26.0 Å². The minimum atomic E-state index is -0.349. The van der Waals surface area contributed by atoms with Gasteiger partial charge in [0, 0.05) is 34.6 Å². The van der Waals surface area contributed by atoms with Gasteiger partial charge in [0.1, 0.15) is 0 Å². The Balaban J connectivity index is 1.82. The van der Waals surface area contributed by atoms with Crippen LogP contribution in [0.3, 0.4) is 0 Å². The average molecular weight is 431 g/mol. The molecule has 0 aliphatic carbocycles. The molecule has 150 valence electrons. The highest BCUT2D eigenvalue weighted by Gasteiger charge is 2.18. The lowest BCUT2D eigenvalue weighted by Gasteiger charge is -2.11. The highest BCUT2D eigenvalue weighted by Crippen LogP contribution is 2.28. The Morgan fingerprint density at radius 2 is 1.90 bits per heavy atom. The van der Waals surface area contributed by atoms with E-state index < -0.39 is 0 Å². The van der Waals surface area contributed by atoms with Crippen molar-refractivity contribution in [1.82, 2.24) is 30.6 Å². The van der Waals surface area contributed by atoms with Gasteiger partial charge in [0.15, 0.2) is 11.0 Å². The maximum absolute atomic E-state index is 12.1. The number of carbonyl (C=O) groups is 2. The van der Waals surface area contributed by atoms with Crippen molar-refractivity contribution in [3.8, 4) is 17.1 Å². The second-order valence-electron chi connectivity index (χ2n) is 6.34. The molecular formula is C19H19ClN6O2S. The van der Waals surface area contributed by atoms with Crippen molar-refractivity contribution in [2.75, 3.05) is 5.75 Å². The summed E-state index contributed by atoms with van der Waals surface area (Å²) in [4.78, 5) is 27.8. The molecule has 0 saturated carbocycles. The van der Waals surface area contributed by atoms with Gasteiger partial charge in [-0.05, 0) is 36.4 Å². The monoisotopic (exact) mass is 430 g/mol. The van der Waals surface area contributed by atoms with Gasteiger partial charge >= 0.3 is 0 Å². The first-order chi connectivity index (χ1) is 14.0. The largest absolute Gasteiger partial charge is 0.273 e. The quantitative estimate of drug-likeness (QED) is 0.460. The predicted octanol–water partition coefficient (Wildman–Crippen LogP) is 2.88. The molecule has 3 rings (SSSR count). The van der Waals surface area contributed by atoms with Gasteiger partial charge in [0.2, 0.25) is 11.8 Å². The van der Waals surface area contributed by atoms with Crippen LogP contribution in [0.2, 0.25) is 5.02 Å². The zero-order valence-corrected chi connectivity index (χ0v) is 17.4. The van der Waals surface area contributed by atoms with E-state index in [9.17, 15) is 9.59 Å². The van der Waals surface area contributed by atoms with Crippen LogP contribution in [0.25, 0.3) is 17.1 Å². The molecule has 0 bridgehead atoms. The van der Waals surface area contributed by atoms with Gasteiger partial charge in [-0.1, -0.05) is 37.2 Å². The van der Waals surface area contributed by atoms with Crippen LogP contribution in [-0.2, 0) is 9.59 Å². The number of benzene rings is 1. The van der Waals surface area contributed by atoms with Crippen molar-refractivity contribution < 1.29 is 9.59 Å². The van der Waals surface area contributed by atoms with Crippen LogP contribution in [0.5, 0.6) is 0 Å². The summed E-state index contributed by atoms with van der Waals surface area (Å²) >= 11 is 7.21. The summed E-state index contributed by atoms with van der Waals surface area (Å²) in [6.07, 6.45) is 3.37. The number of thioether (sulfide) groups is 1. The first-order valence-electron chi connectivity index (χ1n) is 8.79. The van der Waals surface area contributed by atoms with Gasteiger partial charge in [-0.25, -0.2) is 0 Å². The van der Waals surface area contributed by atoms with Crippen molar-refractivity contribution in [2.45, 2.75) is 19.0 Å². The van der Waals surface area contributed by atoms with Gasteiger partial charge in [-0.2, -0.15) is 0 Å². The minimum absolute atomic E-state index is 0.0527. The Kier molecular flexibility index (Phi) is 6.84. The average Bonchev–Trinajstić information content (AvgIpc) is 3.15. The third kappa shape index (κ3) is 5.33. The summed E-state index contributed by atoms with van der Waals surface area (Å²) in [7, 11) is 0. The Morgan fingerprint density at radius 3 is 2.55 bits per heavy atom. The standard InChI is InChI=1S/C19H19ClN6O2S/c1-12(2)18(28)24-22-16(27)11-29-19-25-23-17(13-4-3-9-21-10-13)26(19)15-7-5-14(20)6-8-15/h3-10,12H,11H2,1-2H3,(H,22,27)(H,24,28). The number of pyridine rings is 1. The van der Waals surface area contributed by atoms with Crippen LogP contribution < -0.4 is 10.9 Å². The van der Waals surface area contributed by atoms with E-state index in [0.717, 1.165) is 11.3 Å². The molecule has 8 nitrogen and oxygen atoms in total. The highest BCUT2D eigenvalue weighted by atomic mass is 35.5. The lowest BCUT2D eigenvalue weighted by atomic mass is 10.2. The molecule has 2 N–H and O–H groups in total. The Morgan fingerprint density at radius 1 is 1.14 bits per heavy atom. The topological polar surface area (TPSA) is 102 Å². The van der Waals surface area contributed by atoms with E-state index in [4.69, 9.17) is 11.6 Å². The molecule has 0 spiro atoms. The molecule has 0 atom stereocenters. The van der Waals surface area contributed by atoms with Crippen LogP contribution in [0.1, 0.15) is 13.8 Å². The summed E-state index contributed by atoms with van der Waals surface area (Å²) in [6, 6.07) is 10.9. The van der Waals surface area contributed by atoms with Crippen LogP contribution in [0, 0.1) is 5.92 Å². The van der Waals surface area contributed by atoms with Crippen LogP contribution in [0.4, 0.5) is 0 Å². The molecule has 1 aromatic carbocycles. The molecule has 0 saturated heterocycles. The van der Waals surface area contributed by atoms with Crippen molar-refractivity contribution in [1.29, 1.82) is 0 Å². The molecule has 0 radical (unpaired) electrons. The Hall–Kier alpha value is -2.91. The number of nitrogens with zero attached hydrogens (tertiary/aromatic N) is 4. The van der Waals surface area contributed by atoms with Gasteiger partial charge < -0.3 is 0 Å². The minimum Gasteiger partial charge on any atom is -0.273 e. The normalized spacial score (nSPS) is 10.8. The van der Waals surface area contributed by atoms with Gasteiger partial charge in [0.05, 0.1) is 5.75 Å². The number of rotatable bonds is 6. The van der Waals surface area contributed by atoms with Crippen molar-refractivity contribution in [3.05, 3.63) is 53.8 Å². The number of aromatic nitrogens is 4. The molecule has 0 unspecified atom stereocenters. The van der Waals surface area contributed by atoms with Crippen molar-refractivity contribution in [3.63, 3.8) is 0 Å². The van der Waals surface area contributed by atoms with Crippen molar-refractivity contribution in [2.24, 2.45) is 5.92 Å². The molecular weight excluding hydrogens is 412 g/mol. The third-order valence-electron chi connectivity index (χ3n) is 3.82. The van der Waals surface area contributed by atoms with Crippen LogP contribution >= 0.6 is 23.4 Å². The molecule has 0 aliphatic rings. The second-order valence-corrected chi connectivity index (χ2v) is 7.72. The zero-order valence-electron chi connectivity index (χ0n) is 15.8. The summed E-state index contributed by atoms with van der Waals surface area (Å²) < 4.78 is 1.83. The fourth-order valence-electron chi connectivity index (χ4n) is 2.31. The van der Waals surface area contributed by atoms with E-state index in [1.807, 2.05) is 28.8 Å². The molecule has 0 fully saturated rings. The molecule has 0 aliphatic heterocycles. The first-order valence-corrected chi connectivity index (χ1v) is 10.2. The highest BCUT2D eigenvalue weighted by molar-refractivity contribution is 7.99. The first kappa shape index (κ1) is 20.8. The van der Waals surface area contributed by atoms with Gasteiger partial charge in [-0.3, -0.25) is 30.0 Å². The SMILES string of the molecule is CC(C)C(=O)NNC(=O)CSc1nnc(-c2cccnc2)n1-c1ccc(Cl)cc1. The fourth-order valence-corrected chi connectivity index (χ4v) is 3.19. The number of hydrogen-bond acceptors (Lipinski definition) is 6. The van der Waals surface area contributed by atoms with Gasteiger partial charge in [-0.15, -0.1) is 10.2 Å². The van der Waals surface area contributed by atoms with Crippen LogP contribution in [0.15, 0.2) is 53.9 Å². The zero-order chi connectivity index (χ0) is 20.8. The molecule has 3 aromatic rings. The maximum Gasteiger partial charge on any atom is 0.248 e. The predicted molar refractivity (Wildman–Crippen MR) is 111 cm³/mol. The number of carbonyl (C=O) groups excluding carboxylic acids is 2. The maximum atomic E-state index is 12.1. The molecule has 10 heteroatoms. The summed E-state index contributed by atoms with van der Waals surface area (Å²) in [5.74, 6) is -0.185. The molecule has 2 aromatic heterocycles. The number of nitrogens with one attached hydrogen (secondary N) is 2. The molecule has 2 amide bonds. The van der Waals surface area contributed by atoms with Crippen molar-refractivity contribution >= 4 is 35.2 Å². The lowest BCUT2D eigenvalue weighted by molar-refractivity contribution is -0.129. The summed E-state index contributed by atoms with van der Waals surface area (Å²) in [6.45, 7) is 3.48. The van der Waals surface area contributed by atoms with E-state index in [1.54, 1.807) is 38.4 Å². The number of halogens is 1. The number of hydrogen-bond donors (Lipinski definition) is 2. The van der Waals surface area contributed by atoms with E-state index in [1.165, 1.54) is 11.8 Å². The fraction of sp³-hybridized carbons (Fsp3) is 0.211. The van der Waals surface area contributed by atoms with E-state index in [0.29, 0.717) is 16.0 Å². The molecule has 29 heavy (non-hydrogen) atoms. The van der Waals surface area contributed by atoms with Crippen LogP contribution in [-0.4, -0.2) is 37.3 Å². The Bertz CT molecular complexity index is 992. The number of hydrazine groups is 1. The van der Waals surface area contributed by atoms with E-state index in [-0.39, 0.29) is 23.5 Å². The second kappa shape index (κ2) is 9.53. The number of amides is 2.